The Morgan fingerprint density at radius 2 is 1.73 bits per heavy atom. The van der Waals surface area contributed by atoms with Crippen molar-refractivity contribution in [2.45, 2.75) is 61.1 Å². The third-order valence-corrected chi connectivity index (χ3v) is 10.2. The van der Waals surface area contributed by atoms with Gasteiger partial charge in [0.15, 0.2) is 11.6 Å². The number of anilines is 1. The lowest BCUT2D eigenvalue weighted by Gasteiger charge is -2.34. The van der Waals surface area contributed by atoms with Crippen molar-refractivity contribution in [1.82, 2.24) is 5.32 Å². The molecule has 0 heterocycles. The first-order valence-electron chi connectivity index (χ1n) is 14.0. The molecule has 0 spiro atoms. The number of aliphatic carboxylic acids is 1. The van der Waals surface area contributed by atoms with Crippen LogP contribution in [0.1, 0.15) is 48.9 Å². The number of nitrogens with one attached hydrogen (secondary N) is 2. The maximum atomic E-state index is 14.8. The molecule has 5 rings (SSSR count). The lowest BCUT2D eigenvalue weighted by atomic mass is 9.80. The van der Waals surface area contributed by atoms with Crippen LogP contribution in [0.5, 0.6) is 11.5 Å². The first-order chi connectivity index (χ1) is 20.7. The van der Waals surface area contributed by atoms with Gasteiger partial charge in [-0.15, -0.1) is 0 Å². The van der Waals surface area contributed by atoms with E-state index in [0.717, 1.165) is 30.7 Å². The average molecular weight is 643 g/mol. The molecule has 0 saturated heterocycles. The molecular weight excluding hydrogens is 612 g/mol. The van der Waals surface area contributed by atoms with E-state index in [2.05, 4.69) is 10.6 Å². The molecule has 0 aromatic heterocycles. The topological polar surface area (TPSA) is 148 Å². The lowest BCUT2D eigenvalue weighted by molar-refractivity contribution is -0.139. The van der Waals surface area contributed by atoms with Gasteiger partial charge in [-0.1, -0.05) is 6.07 Å². The Bertz CT molecular complexity index is 1580. The molecule has 238 valence electrons. The number of hydrogen-bond acceptors (Lipinski definition) is 7. The van der Waals surface area contributed by atoms with Gasteiger partial charge in [-0.25, -0.2) is 12.8 Å². The zero-order valence-electron chi connectivity index (χ0n) is 23.4. The quantitative estimate of drug-likeness (QED) is 0.320. The molecule has 3 aliphatic rings. The molecule has 0 radical (unpaired) electrons. The fraction of sp³-hybridized carbons (Fsp3) is 0.483. The summed E-state index contributed by atoms with van der Waals surface area (Å²) in [5.74, 6) is -4.26. The van der Waals surface area contributed by atoms with Crippen molar-refractivity contribution in [3.8, 4) is 11.5 Å². The minimum Gasteiger partial charge on any atom is -0.496 e. The van der Waals surface area contributed by atoms with Crippen LogP contribution in [-0.2, 0) is 19.4 Å². The highest BCUT2D eigenvalue weighted by atomic mass is 32.2. The normalized spacial score (nSPS) is 26.0. The lowest BCUT2D eigenvalue weighted by Crippen LogP contribution is -2.48. The van der Waals surface area contributed by atoms with Gasteiger partial charge in [0.1, 0.15) is 5.75 Å². The molecule has 10 nitrogen and oxygen atoms in total. The Kier molecular flexibility index (Phi) is 8.53. The number of benzene rings is 2. The summed E-state index contributed by atoms with van der Waals surface area (Å²) in [7, 11) is -4.37. The van der Waals surface area contributed by atoms with Gasteiger partial charge in [0, 0.05) is 24.2 Å². The van der Waals surface area contributed by atoms with Crippen LogP contribution < -0.4 is 20.1 Å². The molecule has 2 bridgehead atoms. The summed E-state index contributed by atoms with van der Waals surface area (Å²) in [4.78, 5) is 36.8. The summed E-state index contributed by atoms with van der Waals surface area (Å²) in [6.45, 7) is 0. The molecule has 0 aliphatic heterocycles. The molecule has 4 atom stereocenters. The highest BCUT2D eigenvalue weighted by Gasteiger charge is 2.52. The minimum atomic E-state index is -5.63. The van der Waals surface area contributed by atoms with Gasteiger partial charge in [0.05, 0.1) is 29.6 Å². The van der Waals surface area contributed by atoms with Crippen LogP contribution in [0.3, 0.4) is 0 Å². The SMILES string of the molecule is COc1cc(F)c(O[C@H]2C[C@@H](CC(=O)O)C2)cc1C(=O)N[C@@H]1[C@@H]2CC[C@@H](C2)[C@@H]1C(=O)Nc1cccc(S(=O)(=O)C(F)(F)F)c1. The summed E-state index contributed by atoms with van der Waals surface area (Å²) in [5, 5.41) is 14.3. The molecule has 0 unspecified atom stereocenters. The highest BCUT2D eigenvalue weighted by Crippen LogP contribution is 2.49. The fourth-order valence-corrected chi connectivity index (χ4v) is 7.35. The average Bonchev–Trinajstić information content (AvgIpc) is 3.53. The van der Waals surface area contributed by atoms with E-state index in [4.69, 9.17) is 14.6 Å². The molecule has 3 N–H and O–H groups in total. The molecule has 3 saturated carbocycles. The maximum Gasteiger partial charge on any atom is 0.501 e. The number of carbonyl (C=O) groups excluding carboxylic acids is 2. The van der Waals surface area contributed by atoms with Crippen molar-refractivity contribution >= 4 is 33.3 Å². The number of carboxylic acids is 1. The predicted octanol–water partition coefficient (Wildman–Crippen LogP) is 4.54. The molecular formula is C29H30F4N2O8S. The molecule has 44 heavy (non-hydrogen) atoms. The molecule has 3 aliphatic carbocycles. The van der Waals surface area contributed by atoms with Crippen LogP contribution in [0.2, 0.25) is 0 Å². The van der Waals surface area contributed by atoms with Crippen molar-refractivity contribution in [1.29, 1.82) is 0 Å². The third kappa shape index (κ3) is 6.19. The van der Waals surface area contributed by atoms with Crippen molar-refractivity contribution in [2.75, 3.05) is 12.4 Å². The van der Waals surface area contributed by atoms with E-state index in [1.807, 2.05) is 0 Å². The van der Waals surface area contributed by atoms with E-state index in [-0.39, 0.29) is 46.9 Å². The molecule has 2 amide bonds. The van der Waals surface area contributed by atoms with Gasteiger partial charge < -0.3 is 25.2 Å². The van der Waals surface area contributed by atoms with E-state index < -0.39 is 61.9 Å². The number of methoxy groups -OCH3 is 1. The summed E-state index contributed by atoms with van der Waals surface area (Å²) in [5.41, 5.74) is -5.70. The Balaban J connectivity index is 1.31. The zero-order valence-corrected chi connectivity index (χ0v) is 24.2. The van der Waals surface area contributed by atoms with E-state index >= 15 is 0 Å². The molecule has 15 heteroatoms. The second-order valence-electron chi connectivity index (χ2n) is 11.5. The van der Waals surface area contributed by atoms with E-state index in [0.29, 0.717) is 25.7 Å². The number of hydrogen-bond donors (Lipinski definition) is 3. The smallest absolute Gasteiger partial charge is 0.496 e. The van der Waals surface area contributed by atoms with Gasteiger partial charge in [0.2, 0.25) is 5.91 Å². The van der Waals surface area contributed by atoms with Crippen LogP contribution in [0.4, 0.5) is 23.2 Å². The Labute approximate surface area is 250 Å². The maximum absolute atomic E-state index is 14.8. The number of amides is 2. The van der Waals surface area contributed by atoms with Crippen LogP contribution >= 0.6 is 0 Å². The van der Waals surface area contributed by atoms with Gasteiger partial charge in [0.25, 0.3) is 15.7 Å². The van der Waals surface area contributed by atoms with Crippen molar-refractivity contribution in [2.24, 2.45) is 23.7 Å². The third-order valence-electron chi connectivity index (χ3n) is 8.68. The first-order valence-corrected chi connectivity index (χ1v) is 15.5. The molecule has 2 aromatic rings. The van der Waals surface area contributed by atoms with Gasteiger partial charge in [-0.05, 0) is 74.1 Å². The largest absolute Gasteiger partial charge is 0.501 e. The first kappa shape index (κ1) is 31.5. The monoisotopic (exact) mass is 642 g/mol. The molecule has 3 fully saturated rings. The Hall–Kier alpha value is -3.88. The van der Waals surface area contributed by atoms with Crippen molar-refractivity contribution in [3.63, 3.8) is 0 Å². The van der Waals surface area contributed by atoms with Crippen LogP contribution in [0, 0.1) is 29.5 Å². The summed E-state index contributed by atoms with van der Waals surface area (Å²) >= 11 is 0. The standard InChI is InChI=1S/C29H30F4N2O8S/c1-42-22-13-21(30)23(43-18-7-14(8-18)9-24(36)37)12-20(22)27(38)35-26-16-6-5-15(10-16)25(26)28(39)34-17-3-2-4-19(11-17)44(40,41)29(31,32)33/h2-4,11-16,18,25-26H,5-10H2,1H3,(H,34,39)(H,35,38)(H,36,37)/t14-,15-,16+,18+,25-,26+/m0/s1. The van der Waals surface area contributed by atoms with Crippen molar-refractivity contribution < 1.29 is 54.9 Å². The second kappa shape index (κ2) is 11.9. The highest BCUT2D eigenvalue weighted by molar-refractivity contribution is 7.92. The van der Waals surface area contributed by atoms with Gasteiger partial charge in [-0.3, -0.25) is 14.4 Å². The number of rotatable bonds is 10. The Morgan fingerprint density at radius 3 is 2.39 bits per heavy atom. The number of sulfone groups is 1. The number of carboxylic acid groups (broad SMARTS) is 1. The van der Waals surface area contributed by atoms with Crippen LogP contribution in [0.15, 0.2) is 41.3 Å². The van der Waals surface area contributed by atoms with Gasteiger partial charge in [-0.2, -0.15) is 13.2 Å². The van der Waals surface area contributed by atoms with E-state index in [9.17, 15) is 40.4 Å². The summed E-state index contributed by atoms with van der Waals surface area (Å²) in [6, 6.07) is 5.42. The fourth-order valence-electron chi connectivity index (χ4n) is 6.54. The number of alkyl halides is 3. The van der Waals surface area contributed by atoms with Gasteiger partial charge >= 0.3 is 11.5 Å². The second-order valence-corrected chi connectivity index (χ2v) is 13.4. The van der Waals surface area contributed by atoms with Crippen molar-refractivity contribution in [3.05, 3.63) is 47.8 Å². The predicted molar refractivity (Wildman–Crippen MR) is 146 cm³/mol. The van der Waals surface area contributed by atoms with Crippen LogP contribution in [-0.4, -0.2) is 56.1 Å². The summed E-state index contributed by atoms with van der Waals surface area (Å²) < 4.78 is 88.5. The van der Waals surface area contributed by atoms with E-state index in [1.54, 1.807) is 0 Å². The Morgan fingerprint density at radius 1 is 1.02 bits per heavy atom. The number of carbonyl (C=O) groups is 3. The molecule has 2 aromatic carbocycles. The number of ether oxygens (including phenoxy) is 2. The minimum absolute atomic E-state index is 0.0189. The summed E-state index contributed by atoms with van der Waals surface area (Å²) in [6.07, 6.45) is 2.46. The van der Waals surface area contributed by atoms with E-state index in [1.165, 1.54) is 19.2 Å². The zero-order chi connectivity index (χ0) is 32.0. The number of halogens is 4. The number of fused-ring (bicyclic) bond motifs is 2. The van der Waals surface area contributed by atoms with Crippen LogP contribution in [0.25, 0.3) is 0 Å².